The van der Waals surface area contributed by atoms with Crippen LogP contribution in [-0.2, 0) is 24.1 Å². The topological polar surface area (TPSA) is 98.5 Å². The average Bonchev–Trinajstić information content (AvgIpc) is 3.50. The van der Waals surface area contributed by atoms with E-state index in [9.17, 15) is 4.79 Å². The van der Waals surface area contributed by atoms with Gasteiger partial charge in [-0.25, -0.2) is 0 Å². The number of anilines is 1. The zero-order valence-corrected chi connectivity index (χ0v) is 24.1. The van der Waals surface area contributed by atoms with Gasteiger partial charge in [0.05, 0.1) is 25.0 Å². The molecule has 1 aliphatic heterocycles. The number of aliphatic hydroxyl groups excluding tert-OH is 1. The Kier molecular flexibility index (Phi) is 9.52. The molecule has 2 aromatic carbocycles. The van der Waals surface area contributed by atoms with Crippen LogP contribution in [-0.4, -0.2) is 60.3 Å². The number of nitrogens with one attached hydrogen (secondary N) is 1. The summed E-state index contributed by atoms with van der Waals surface area (Å²) in [7, 11) is -1.36. The third-order valence-electron chi connectivity index (χ3n) is 7.57. The Morgan fingerprint density at radius 3 is 2.46 bits per heavy atom. The van der Waals surface area contributed by atoms with E-state index in [1.54, 1.807) is 49.2 Å². The van der Waals surface area contributed by atoms with Gasteiger partial charge in [0.1, 0.15) is 5.75 Å². The summed E-state index contributed by atoms with van der Waals surface area (Å²) < 4.78 is 28.8. The molecule has 1 saturated heterocycles. The number of aromatic nitrogens is 3. The molecule has 39 heavy (non-hydrogen) atoms. The molecule has 4 rings (SSSR count). The third kappa shape index (κ3) is 7.52. The standard InChI is InChI=1S/C29H39FN4O4Si/c1-20-26(38-27(28(20)39(3,4)30)15-17-34-19-24(16-18-35)32-33-34)14-7-21-5-10-23(11-6-21)31-29(36)22-8-12-25(37-2)13-9-22/h5-6,8-13,19-20,26-28,35H,7,14-18H2,1-4H3,(H,31,36)/t20-,26+,27-,28+/m1/s1. The maximum atomic E-state index is 15.4. The lowest BCUT2D eigenvalue weighted by Crippen LogP contribution is -2.36. The van der Waals surface area contributed by atoms with Crippen molar-refractivity contribution in [1.29, 1.82) is 0 Å². The van der Waals surface area contributed by atoms with Crippen molar-refractivity contribution in [3.63, 3.8) is 0 Å². The lowest BCUT2D eigenvalue weighted by molar-refractivity contribution is 0.0247. The molecule has 0 bridgehead atoms. The average molecular weight is 555 g/mol. The Morgan fingerprint density at radius 1 is 1.10 bits per heavy atom. The van der Waals surface area contributed by atoms with Gasteiger partial charge in [-0.3, -0.25) is 9.48 Å². The van der Waals surface area contributed by atoms with Crippen LogP contribution < -0.4 is 10.1 Å². The largest absolute Gasteiger partial charge is 0.497 e. The number of aryl methyl sites for hydroxylation is 2. The molecular formula is C29H39FN4O4Si. The van der Waals surface area contributed by atoms with Crippen molar-refractivity contribution >= 4 is 20.0 Å². The molecule has 0 radical (unpaired) electrons. The summed E-state index contributed by atoms with van der Waals surface area (Å²) in [6.45, 7) is 6.32. The van der Waals surface area contributed by atoms with Crippen LogP contribution >= 0.6 is 0 Å². The van der Waals surface area contributed by atoms with E-state index in [-0.39, 0.29) is 36.2 Å². The number of methoxy groups -OCH3 is 1. The lowest BCUT2D eigenvalue weighted by atomic mass is 9.95. The molecule has 8 nitrogen and oxygen atoms in total. The molecule has 0 unspecified atom stereocenters. The van der Waals surface area contributed by atoms with E-state index in [2.05, 4.69) is 22.6 Å². The second kappa shape index (κ2) is 12.8. The Morgan fingerprint density at radius 2 is 1.82 bits per heavy atom. The number of amides is 1. The first-order valence-corrected chi connectivity index (χ1v) is 16.5. The van der Waals surface area contributed by atoms with Crippen LogP contribution in [0, 0.1) is 5.92 Å². The second-order valence-corrected chi connectivity index (χ2v) is 14.6. The maximum absolute atomic E-state index is 15.4. The Balaban J connectivity index is 1.32. The Bertz CT molecular complexity index is 1210. The molecule has 10 heteroatoms. The van der Waals surface area contributed by atoms with Crippen molar-refractivity contribution in [2.24, 2.45) is 5.92 Å². The number of ether oxygens (including phenoxy) is 2. The quantitative estimate of drug-likeness (QED) is 0.240. The van der Waals surface area contributed by atoms with Gasteiger partial charge >= 0.3 is 0 Å². The van der Waals surface area contributed by atoms with Crippen molar-refractivity contribution in [2.75, 3.05) is 19.0 Å². The van der Waals surface area contributed by atoms with Crippen LogP contribution in [0.3, 0.4) is 0 Å². The number of benzene rings is 2. The van der Waals surface area contributed by atoms with E-state index >= 15 is 4.11 Å². The van der Waals surface area contributed by atoms with Gasteiger partial charge in [-0.05, 0) is 80.2 Å². The van der Waals surface area contributed by atoms with Crippen molar-refractivity contribution in [3.05, 3.63) is 71.5 Å². The highest BCUT2D eigenvalue weighted by molar-refractivity contribution is 6.72. The van der Waals surface area contributed by atoms with Crippen molar-refractivity contribution in [3.8, 4) is 5.75 Å². The van der Waals surface area contributed by atoms with E-state index in [0.717, 1.165) is 29.8 Å². The Hall–Kier alpha value is -3.08. The fourth-order valence-corrected chi connectivity index (χ4v) is 8.19. The minimum absolute atomic E-state index is 0.0160. The smallest absolute Gasteiger partial charge is 0.255 e. The summed E-state index contributed by atoms with van der Waals surface area (Å²) in [6.07, 6.45) is 4.43. The first-order valence-electron chi connectivity index (χ1n) is 13.6. The maximum Gasteiger partial charge on any atom is 0.255 e. The van der Waals surface area contributed by atoms with E-state index in [0.29, 0.717) is 30.7 Å². The molecule has 210 valence electrons. The van der Waals surface area contributed by atoms with Gasteiger partial charge in [0, 0.05) is 42.6 Å². The van der Waals surface area contributed by atoms with Gasteiger partial charge in [-0.2, -0.15) is 0 Å². The molecule has 3 aromatic rings. The van der Waals surface area contributed by atoms with Crippen LogP contribution in [0.4, 0.5) is 9.80 Å². The van der Waals surface area contributed by atoms with Crippen molar-refractivity contribution in [1.82, 2.24) is 15.0 Å². The number of hydrogen-bond acceptors (Lipinski definition) is 6. The number of carbonyl (C=O) groups excluding carboxylic acids is 1. The van der Waals surface area contributed by atoms with Gasteiger partial charge in [0.2, 0.25) is 8.41 Å². The van der Waals surface area contributed by atoms with Crippen LogP contribution in [0.5, 0.6) is 5.75 Å². The SMILES string of the molecule is COc1ccc(C(=O)Nc2ccc(CC[C@@H]3O[C@H](CCn4cc(CCO)nn4)[C@@H]([Si](C)(C)F)[C@@H]3C)cc2)cc1. The molecular weight excluding hydrogens is 515 g/mol. The summed E-state index contributed by atoms with van der Waals surface area (Å²) in [6, 6.07) is 14.8. The van der Waals surface area contributed by atoms with Crippen LogP contribution in [0.2, 0.25) is 18.6 Å². The Labute approximate surface area is 230 Å². The van der Waals surface area contributed by atoms with E-state index in [1.165, 1.54) is 0 Å². The number of rotatable bonds is 12. The molecule has 1 fully saturated rings. The fourth-order valence-electron chi connectivity index (χ4n) is 5.59. The van der Waals surface area contributed by atoms with Gasteiger partial charge < -0.3 is 24.0 Å². The zero-order valence-electron chi connectivity index (χ0n) is 23.1. The summed E-state index contributed by atoms with van der Waals surface area (Å²) in [5.74, 6) is 0.657. The third-order valence-corrected chi connectivity index (χ3v) is 10.1. The monoisotopic (exact) mass is 554 g/mol. The van der Waals surface area contributed by atoms with Gasteiger partial charge in [0.15, 0.2) is 0 Å². The molecule has 1 aliphatic rings. The fraction of sp³-hybridized carbons (Fsp3) is 0.483. The predicted octanol–water partition coefficient (Wildman–Crippen LogP) is 5.05. The minimum atomic E-state index is -2.95. The second-order valence-electron chi connectivity index (χ2n) is 10.8. The summed E-state index contributed by atoms with van der Waals surface area (Å²) in [5.41, 5.74) is 3.09. The highest BCUT2D eigenvalue weighted by Gasteiger charge is 2.50. The number of aliphatic hydroxyl groups is 1. The first kappa shape index (κ1) is 28.9. The lowest BCUT2D eigenvalue weighted by Gasteiger charge is -2.28. The first-order chi connectivity index (χ1) is 18.7. The van der Waals surface area contributed by atoms with Crippen LogP contribution in [0.25, 0.3) is 0 Å². The number of hydrogen-bond donors (Lipinski definition) is 2. The van der Waals surface area contributed by atoms with Gasteiger partial charge in [-0.1, -0.05) is 24.3 Å². The number of nitrogens with zero attached hydrogens (tertiary/aromatic N) is 3. The molecule has 1 amide bonds. The highest BCUT2D eigenvalue weighted by Crippen LogP contribution is 2.47. The van der Waals surface area contributed by atoms with Crippen molar-refractivity contribution in [2.45, 2.75) is 70.0 Å². The molecule has 0 spiro atoms. The summed E-state index contributed by atoms with van der Waals surface area (Å²) in [5, 5.41) is 20.2. The van der Waals surface area contributed by atoms with E-state index < -0.39 is 8.41 Å². The van der Waals surface area contributed by atoms with Gasteiger partial charge in [-0.15, -0.1) is 5.10 Å². The normalized spacial score (nSPS) is 21.2. The minimum Gasteiger partial charge on any atom is -0.497 e. The zero-order chi connectivity index (χ0) is 28.0. The molecule has 2 heterocycles. The summed E-state index contributed by atoms with van der Waals surface area (Å²) >= 11 is 0. The molecule has 1 aromatic heterocycles. The van der Waals surface area contributed by atoms with E-state index in [4.69, 9.17) is 14.6 Å². The highest BCUT2D eigenvalue weighted by atomic mass is 28.4. The molecule has 0 saturated carbocycles. The van der Waals surface area contributed by atoms with Gasteiger partial charge in [0.25, 0.3) is 5.91 Å². The number of halogens is 1. The van der Waals surface area contributed by atoms with Crippen LogP contribution in [0.15, 0.2) is 54.7 Å². The van der Waals surface area contributed by atoms with E-state index in [1.807, 2.05) is 30.5 Å². The van der Waals surface area contributed by atoms with Crippen molar-refractivity contribution < 1.29 is 23.5 Å². The number of carbonyl (C=O) groups is 1. The summed E-state index contributed by atoms with van der Waals surface area (Å²) in [4.78, 5) is 12.5. The van der Waals surface area contributed by atoms with Crippen LogP contribution in [0.1, 0.15) is 41.4 Å². The molecule has 2 N–H and O–H groups in total. The molecule has 0 aliphatic carbocycles. The molecule has 4 atom stereocenters. The predicted molar refractivity (Wildman–Crippen MR) is 151 cm³/mol.